The lowest BCUT2D eigenvalue weighted by atomic mass is 10.0. The molecule has 0 atom stereocenters. The average Bonchev–Trinajstić information content (AvgIpc) is 3.02. The summed E-state index contributed by atoms with van der Waals surface area (Å²) in [6, 6.07) is 16.9. The van der Waals surface area contributed by atoms with Crippen molar-refractivity contribution in [3.8, 4) is 11.3 Å². The van der Waals surface area contributed by atoms with Crippen LogP contribution in [0.1, 0.15) is 35.7 Å². The number of anilines is 1. The summed E-state index contributed by atoms with van der Waals surface area (Å²) in [6.07, 6.45) is 0. The molecular formula is C22H23ClN4O2. The van der Waals surface area contributed by atoms with E-state index in [-0.39, 0.29) is 23.2 Å². The Kier molecular flexibility index (Phi) is 6.34. The third-order valence-corrected chi connectivity index (χ3v) is 4.96. The molecule has 0 bridgehead atoms. The molecule has 150 valence electrons. The van der Waals surface area contributed by atoms with Crippen molar-refractivity contribution < 1.29 is 9.59 Å². The van der Waals surface area contributed by atoms with Crippen LogP contribution in [0.15, 0.2) is 54.6 Å². The topological polar surface area (TPSA) is 76.0 Å². The summed E-state index contributed by atoms with van der Waals surface area (Å²) >= 11 is 6.28. The van der Waals surface area contributed by atoms with Crippen molar-refractivity contribution in [1.82, 2.24) is 15.1 Å². The zero-order chi connectivity index (χ0) is 21.0. The van der Waals surface area contributed by atoms with E-state index in [1.807, 2.05) is 54.6 Å². The van der Waals surface area contributed by atoms with Crippen molar-refractivity contribution in [3.05, 3.63) is 70.9 Å². The van der Waals surface area contributed by atoms with Gasteiger partial charge in [-0.15, -0.1) is 0 Å². The molecular weight excluding hydrogens is 388 g/mol. The van der Waals surface area contributed by atoms with Crippen LogP contribution in [0, 0.1) is 0 Å². The molecule has 7 heteroatoms. The molecule has 0 aliphatic heterocycles. The summed E-state index contributed by atoms with van der Waals surface area (Å²) < 4.78 is 1.44. The molecule has 2 aromatic carbocycles. The van der Waals surface area contributed by atoms with Gasteiger partial charge in [-0.3, -0.25) is 14.3 Å². The number of halogens is 1. The highest BCUT2D eigenvalue weighted by Crippen LogP contribution is 2.28. The molecule has 29 heavy (non-hydrogen) atoms. The minimum atomic E-state index is -0.452. The van der Waals surface area contributed by atoms with Gasteiger partial charge in [0, 0.05) is 18.3 Å². The molecule has 0 saturated heterocycles. The Morgan fingerprint density at radius 2 is 1.72 bits per heavy atom. The zero-order valence-corrected chi connectivity index (χ0v) is 17.3. The van der Waals surface area contributed by atoms with E-state index in [0.717, 1.165) is 5.56 Å². The van der Waals surface area contributed by atoms with E-state index in [2.05, 4.69) is 29.6 Å². The van der Waals surface area contributed by atoms with Crippen molar-refractivity contribution in [2.75, 3.05) is 11.9 Å². The third kappa shape index (κ3) is 4.84. The first-order valence-corrected chi connectivity index (χ1v) is 9.70. The maximum absolute atomic E-state index is 12.7. The number of hydrogen-bond acceptors (Lipinski definition) is 3. The molecule has 3 rings (SSSR count). The maximum Gasteiger partial charge on any atom is 0.257 e. The fraction of sp³-hybridized carbons (Fsp3) is 0.227. The number of aromatic nitrogens is 2. The number of benzene rings is 2. The molecule has 6 nitrogen and oxygen atoms in total. The molecule has 0 aliphatic carbocycles. The lowest BCUT2D eigenvalue weighted by molar-refractivity contribution is -0.115. The van der Waals surface area contributed by atoms with E-state index >= 15 is 0 Å². The van der Waals surface area contributed by atoms with Gasteiger partial charge in [0.05, 0.1) is 6.54 Å². The predicted molar refractivity (Wildman–Crippen MR) is 115 cm³/mol. The maximum atomic E-state index is 12.7. The number of carbonyl (C=O) groups excluding carboxylic acids is 2. The van der Waals surface area contributed by atoms with Crippen LogP contribution in [-0.4, -0.2) is 28.1 Å². The summed E-state index contributed by atoms with van der Waals surface area (Å²) in [4.78, 5) is 25.0. The van der Waals surface area contributed by atoms with Gasteiger partial charge in [-0.2, -0.15) is 5.10 Å². The van der Waals surface area contributed by atoms with Gasteiger partial charge < -0.3 is 10.6 Å². The second-order valence-electron chi connectivity index (χ2n) is 7.01. The number of amides is 2. The Morgan fingerprint density at radius 1 is 1.07 bits per heavy atom. The van der Waals surface area contributed by atoms with Crippen molar-refractivity contribution in [3.63, 3.8) is 0 Å². The molecule has 0 unspecified atom stereocenters. The first kappa shape index (κ1) is 20.6. The predicted octanol–water partition coefficient (Wildman–Crippen LogP) is 4.23. The summed E-state index contributed by atoms with van der Waals surface area (Å²) in [5.41, 5.74) is 3.36. The molecule has 1 aromatic heterocycles. The van der Waals surface area contributed by atoms with Gasteiger partial charge in [-0.05, 0) is 23.6 Å². The van der Waals surface area contributed by atoms with Crippen LogP contribution in [0.3, 0.4) is 0 Å². The highest BCUT2D eigenvalue weighted by atomic mass is 35.5. The van der Waals surface area contributed by atoms with Crippen LogP contribution < -0.4 is 10.6 Å². The van der Waals surface area contributed by atoms with E-state index in [4.69, 9.17) is 11.6 Å². The fourth-order valence-corrected chi connectivity index (χ4v) is 3.12. The molecule has 0 saturated carbocycles. The van der Waals surface area contributed by atoms with Crippen LogP contribution in [0.25, 0.3) is 11.3 Å². The quantitative estimate of drug-likeness (QED) is 0.638. The SMILES string of the molecule is CC(C)c1ccc(NC(=O)CNC(=O)c2c(-c3ccccc3)nn(C)c2Cl)cc1. The van der Waals surface area contributed by atoms with Gasteiger partial charge in [0.25, 0.3) is 5.91 Å². The summed E-state index contributed by atoms with van der Waals surface area (Å²) in [5.74, 6) is -0.355. The number of rotatable bonds is 6. The summed E-state index contributed by atoms with van der Waals surface area (Å²) in [5, 5.41) is 9.95. The highest BCUT2D eigenvalue weighted by molar-refractivity contribution is 6.33. The second kappa shape index (κ2) is 8.92. The van der Waals surface area contributed by atoms with Crippen LogP contribution in [0.2, 0.25) is 5.15 Å². The van der Waals surface area contributed by atoms with E-state index in [1.54, 1.807) is 7.05 Å². The van der Waals surface area contributed by atoms with Crippen LogP contribution in [0.5, 0.6) is 0 Å². The molecule has 1 heterocycles. The fourth-order valence-electron chi connectivity index (χ4n) is 2.91. The molecule has 0 spiro atoms. The molecule has 0 aliphatic rings. The zero-order valence-electron chi connectivity index (χ0n) is 16.6. The molecule has 2 N–H and O–H groups in total. The van der Waals surface area contributed by atoms with Gasteiger partial charge in [0.1, 0.15) is 16.4 Å². The van der Waals surface area contributed by atoms with Crippen molar-refractivity contribution >= 4 is 29.1 Å². The molecule has 0 radical (unpaired) electrons. The van der Waals surface area contributed by atoms with E-state index < -0.39 is 5.91 Å². The smallest absolute Gasteiger partial charge is 0.257 e. The first-order chi connectivity index (χ1) is 13.9. The lowest BCUT2D eigenvalue weighted by Crippen LogP contribution is -2.33. The number of nitrogens with one attached hydrogen (secondary N) is 2. The molecule has 0 fully saturated rings. The van der Waals surface area contributed by atoms with E-state index in [0.29, 0.717) is 17.3 Å². The second-order valence-corrected chi connectivity index (χ2v) is 7.37. The number of aryl methyl sites for hydroxylation is 1. The van der Waals surface area contributed by atoms with Crippen LogP contribution in [-0.2, 0) is 11.8 Å². The number of nitrogens with zero attached hydrogens (tertiary/aromatic N) is 2. The Hall–Kier alpha value is -3.12. The molecule has 2 amide bonds. The normalized spacial score (nSPS) is 10.8. The minimum absolute atomic E-state index is 0.176. The minimum Gasteiger partial charge on any atom is -0.343 e. The average molecular weight is 411 g/mol. The monoisotopic (exact) mass is 410 g/mol. The van der Waals surface area contributed by atoms with Gasteiger partial charge in [0.2, 0.25) is 5.91 Å². The number of hydrogen-bond donors (Lipinski definition) is 2. The first-order valence-electron chi connectivity index (χ1n) is 9.32. The lowest BCUT2D eigenvalue weighted by Gasteiger charge is -2.09. The summed E-state index contributed by atoms with van der Waals surface area (Å²) in [7, 11) is 1.67. The Morgan fingerprint density at radius 3 is 2.34 bits per heavy atom. The largest absolute Gasteiger partial charge is 0.343 e. The summed E-state index contributed by atoms with van der Waals surface area (Å²) in [6.45, 7) is 4.04. The van der Waals surface area contributed by atoms with Gasteiger partial charge in [-0.25, -0.2) is 0 Å². The standard InChI is InChI=1S/C22H23ClN4O2/c1-14(2)15-9-11-17(12-10-15)25-18(28)13-24-22(29)19-20(26-27(3)21(19)23)16-7-5-4-6-8-16/h4-12,14H,13H2,1-3H3,(H,24,29)(H,25,28). The van der Waals surface area contributed by atoms with Gasteiger partial charge in [0.15, 0.2) is 0 Å². The van der Waals surface area contributed by atoms with Crippen molar-refractivity contribution in [2.45, 2.75) is 19.8 Å². The third-order valence-electron chi connectivity index (χ3n) is 4.52. The highest BCUT2D eigenvalue weighted by Gasteiger charge is 2.23. The van der Waals surface area contributed by atoms with Crippen LogP contribution in [0.4, 0.5) is 5.69 Å². The van der Waals surface area contributed by atoms with E-state index in [1.165, 1.54) is 10.2 Å². The number of carbonyl (C=O) groups is 2. The Balaban J connectivity index is 1.67. The van der Waals surface area contributed by atoms with Crippen molar-refractivity contribution in [2.24, 2.45) is 7.05 Å². The van der Waals surface area contributed by atoms with Crippen molar-refractivity contribution in [1.29, 1.82) is 0 Å². The van der Waals surface area contributed by atoms with Gasteiger partial charge in [-0.1, -0.05) is 67.9 Å². The Bertz CT molecular complexity index is 1010. The van der Waals surface area contributed by atoms with Gasteiger partial charge >= 0.3 is 0 Å². The van der Waals surface area contributed by atoms with E-state index in [9.17, 15) is 9.59 Å². The van der Waals surface area contributed by atoms with Crippen LogP contribution >= 0.6 is 11.6 Å². The molecule has 3 aromatic rings. The Labute approximate surface area is 174 Å².